The lowest BCUT2D eigenvalue weighted by molar-refractivity contribution is 0.00728. The van der Waals surface area contributed by atoms with Crippen LogP contribution in [0.2, 0.25) is 0 Å². The summed E-state index contributed by atoms with van der Waals surface area (Å²) < 4.78 is 11.5. The summed E-state index contributed by atoms with van der Waals surface area (Å²) in [5, 5.41) is 13.5. The molecule has 4 heteroatoms. The van der Waals surface area contributed by atoms with Gasteiger partial charge in [0.15, 0.2) is 11.5 Å². The van der Waals surface area contributed by atoms with Crippen molar-refractivity contribution in [3.8, 4) is 11.5 Å². The van der Waals surface area contributed by atoms with Crippen LogP contribution in [-0.2, 0) is 6.54 Å². The van der Waals surface area contributed by atoms with E-state index in [-0.39, 0.29) is 6.61 Å². The molecular weight excluding hydrogens is 266 g/mol. The van der Waals surface area contributed by atoms with Crippen LogP contribution in [0.4, 0.5) is 0 Å². The Hall–Kier alpha value is -1.26. The number of rotatable bonds is 9. The summed E-state index contributed by atoms with van der Waals surface area (Å²) in [6.07, 6.45) is 0.642. The van der Waals surface area contributed by atoms with Gasteiger partial charge in [0.1, 0.15) is 6.61 Å². The van der Waals surface area contributed by atoms with E-state index in [1.807, 2.05) is 32.0 Å². The number of nitrogens with one attached hydrogen (secondary N) is 1. The molecule has 0 aliphatic heterocycles. The van der Waals surface area contributed by atoms with Crippen LogP contribution in [0.3, 0.4) is 0 Å². The Morgan fingerprint density at radius 3 is 2.52 bits per heavy atom. The van der Waals surface area contributed by atoms with Crippen LogP contribution in [0.1, 0.15) is 46.6 Å². The van der Waals surface area contributed by atoms with E-state index in [0.29, 0.717) is 25.6 Å². The third-order valence-electron chi connectivity index (χ3n) is 3.35. The minimum absolute atomic E-state index is 0.252. The van der Waals surface area contributed by atoms with Gasteiger partial charge in [-0.25, -0.2) is 0 Å². The molecule has 2 N–H and O–H groups in total. The fourth-order valence-corrected chi connectivity index (χ4v) is 1.78. The van der Waals surface area contributed by atoms with E-state index in [9.17, 15) is 5.11 Å². The van der Waals surface area contributed by atoms with E-state index in [0.717, 1.165) is 17.1 Å². The minimum Gasteiger partial charge on any atom is -0.490 e. The van der Waals surface area contributed by atoms with Crippen LogP contribution in [0.5, 0.6) is 11.5 Å². The summed E-state index contributed by atoms with van der Waals surface area (Å²) in [5.41, 5.74) is 0.212. The molecule has 0 aromatic heterocycles. The van der Waals surface area contributed by atoms with Crippen LogP contribution in [0.25, 0.3) is 0 Å². The van der Waals surface area contributed by atoms with E-state index in [2.05, 4.69) is 19.2 Å². The van der Waals surface area contributed by atoms with E-state index in [1.54, 1.807) is 6.92 Å². The van der Waals surface area contributed by atoms with Crippen molar-refractivity contribution in [2.45, 2.75) is 59.2 Å². The summed E-state index contributed by atoms with van der Waals surface area (Å²) >= 11 is 0. The monoisotopic (exact) mass is 295 g/mol. The smallest absolute Gasteiger partial charge is 0.165 e. The number of hydrogen-bond acceptors (Lipinski definition) is 4. The molecule has 4 nitrogen and oxygen atoms in total. The molecule has 0 radical (unpaired) electrons. The number of para-hydroxylation sites is 1. The van der Waals surface area contributed by atoms with Gasteiger partial charge in [-0.1, -0.05) is 32.9 Å². The Balaban J connectivity index is 2.93. The van der Waals surface area contributed by atoms with E-state index in [4.69, 9.17) is 9.47 Å². The molecular formula is C17H29NO3. The van der Waals surface area contributed by atoms with Gasteiger partial charge in [0.2, 0.25) is 0 Å². The average molecular weight is 295 g/mol. The number of hydrogen-bond donors (Lipinski definition) is 2. The van der Waals surface area contributed by atoms with Crippen molar-refractivity contribution in [1.29, 1.82) is 0 Å². The highest BCUT2D eigenvalue weighted by molar-refractivity contribution is 5.46. The van der Waals surface area contributed by atoms with Gasteiger partial charge in [-0.2, -0.15) is 0 Å². The van der Waals surface area contributed by atoms with Crippen LogP contribution in [0.15, 0.2) is 18.2 Å². The van der Waals surface area contributed by atoms with Crippen LogP contribution in [-0.4, -0.2) is 30.0 Å². The zero-order chi connectivity index (χ0) is 15.9. The Morgan fingerprint density at radius 2 is 1.95 bits per heavy atom. The van der Waals surface area contributed by atoms with Gasteiger partial charge in [0, 0.05) is 18.2 Å². The molecule has 1 unspecified atom stereocenters. The predicted molar refractivity (Wildman–Crippen MR) is 86.0 cm³/mol. The highest BCUT2D eigenvalue weighted by atomic mass is 16.5. The maximum Gasteiger partial charge on any atom is 0.165 e. The molecule has 0 aliphatic rings. The van der Waals surface area contributed by atoms with Crippen molar-refractivity contribution in [3.05, 3.63) is 23.8 Å². The third kappa shape index (κ3) is 5.94. The number of benzene rings is 1. The van der Waals surface area contributed by atoms with E-state index >= 15 is 0 Å². The molecule has 0 saturated carbocycles. The van der Waals surface area contributed by atoms with Crippen LogP contribution in [0, 0.1) is 0 Å². The van der Waals surface area contributed by atoms with Gasteiger partial charge in [0.25, 0.3) is 0 Å². The normalized spacial score (nSPS) is 14.0. The molecule has 0 aliphatic carbocycles. The largest absolute Gasteiger partial charge is 0.490 e. The van der Waals surface area contributed by atoms with E-state index < -0.39 is 5.60 Å². The maximum absolute atomic E-state index is 10.1. The molecule has 0 amide bonds. The van der Waals surface area contributed by atoms with Gasteiger partial charge < -0.3 is 19.9 Å². The molecule has 1 aromatic carbocycles. The summed E-state index contributed by atoms with van der Waals surface area (Å²) in [6, 6.07) is 6.28. The lowest BCUT2D eigenvalue weighted by Crippen LogP contribution is -2.31. The van der Waals surface area contributed by atoms with Crippen molar-refractivity contribution in [2.24, 2.45) is 0 Å². The highest BCUT2D eigenvalue weighted by Gasteiger charge is 2.21. The zero-order valence-corrected chi connectivity index (χ0v) is 13.9. The molecule has 1 atom stereocenters. The second-order valence-corrected chi connectivity index (χ2v) is 5.85. The molecule has 120 valence electrons. The molecule has 0 saturated heterocycles. The van der Waals surface area contributed by atoms with Gasteiger partial charge in [-0.15, -0.1) is 0 Å². The Labute approximate surface area is 128 Å². The predicted octanol–water partition coefficient (Wildman–Crippen LogP) is 3.12. The first-order valence-electron chi connectivity index (χ1n) is 7.73. The Bertz CT molecular complexity index is 430. The maximum atomic E-state index is 10.1. The Kier molecular flexibility index (Phi) is 6.99. The van der Waals surface area contributed by atoms with Gasteiger partial charge in [-0.3, -0.25) is 0 Å². The molecule has 21 heavy (non-hydrogen) atoms. The average Bonchev–Trinajstić information content (AvgIpc) is 2.44. The zero-order valence-electron chi connectivity index (χ0n) is 13.9. The topological polar surface area (TPSA) is 50.7 Å². The molecule has 0 heterocycles. The number of aliphatic hydroxyl groups is 1. The lowest BCUT2D eigenvalue weighted by atomic mass is 10.1. The third-order valence-corrected chi connectivity index (χ3v) is 3.35. The SMILES string of the molecule is CCOc1cccc(CNC(C)C)c1OCC(C)(O)CC. The molecule has 1 aromatic rings. The molecule has 0 bridgehead atoms. The van der Waals surface area contributed by atoms with Crippen molar-refractivity contribution in [1.82, 2.24) is 5.32 Å². The standard InChI is InChI=1S/C17H29NO3/c1-6-17(5,19)12-21-16-14(11-18-13(3)4)9-8-10-15(16)20-7-2/h8-10,13,18-19H,6-7,11-12H2,1-5H3. The summed E-state index contributed by atoms with van der Waals surface area (Å²) in [4.78, 5) is 0. The first-order valence-corrected chi connectivity index (χ1v) is 7.73. The minimum atomic E-state index is -0.831. The van der Waals surface area contributed by atoms with Crippen LogP contribution < -0.4 is 14.8 Å². The molecule has 1 rings (SSSR count). The lowest BCUT2D eigenvalue weighted by Gasteiger charge is -2.24. The fraction of sp³-hybridized carbons (Fsp3) is 0.647. The first-order chi connectivity index (χ1) is 9.89. The number of ether oxygens (including phenoxy) is 2. The Morgan fingerprint density at radius 1 is 1.24 bits per heavy atom. The van der Waals surface area contributed by atoms with Crippen molar-refractivity contribution < 1.29 is 14.6 Å². The summed E-state index contributed by atoms with van der Waals surface area (Å²) in [7, 11) is 0. The highest BCUT2D eigenvalue weighted by Crippen LogP contribution is 2.32. The molecule has 0 fully saturated rings. The van der Waals surface area contributed by atoms with Gasteiger partial charge in [-0.05, 0) is 26.3 Å². The summed E-state index contributed by atoms with van der Waals surface area (Å²) in [5.74, 6) is 1.45. The quantitative estimate of drug-likeness (QED) is 0.735. The first kappa shape index (κ1) is 17.8. The molecule has 0 spiro atoms. The van der Waals surface area contributed by atoms with Gasteiger partial charge in [0.05, 0.1) is 12.2 Å². The second kappa shape index (κ2) is 8.25. The van der Waals surface area contributed by atoms with Crippen LogP contribution >= 0.6 is 0 Å². The fourth-order valence-electron chi connectivity index (χ4n) is 1.78. The van der Waals surface area contributed by atoms with Gasteiger partial charge >= 0.3 is 0 Å². The van der Waals surface area contributed by atoms with Crippen molar-refractivity contribution in [3.63, 3.8) is 0 Å². The second-order valence-electron chi connectivity index (χ2n) is 5.85. The van der Waals surface area contributed by atoms with E-state index in [1.165, 1.54) is 0 Å². The van der Waals surface area contributed by atoms with Crippen molar-refractivity contribution in [2.75, 3.05) is 13.2 Å². The summed E-state index contributed by atoms with van der Waals surface area (Å²) in [6.45, 7) is 11.4. The van der Waals surface area contributed by atoms with Crippen molar-refractivity contribution >= 4 is 0 Å².